The van der Waals surface area contributed by atoms with Gasteiger partial charge in [-0.25, -0.2) is 9.18 Å². The van der Waals surface area contributed by atoms with E-state index < -0.39 is 23.5 Å². The lowest BCUT2D eigenvalue weighted by Crippen LogP contribution is -2.41. The van der Waals surface area contributed by atoms with E-state index in [-0.39, 0.29) is 42.9 Å². The van der Waals surface area contributed by atoms with Gasteiger partial charge in [-0.2, -0.15) is 0 Å². The van der Waals surface area contributed by atoms with Crippen molar-refractivity contribution < 1.29 is 23.5 Å². The van der Waals surface area contributed by atoms with Crippen LogP contribution >= 0.6 is 27.5 Å². The molecule has 4 aromatic rings. The van der Waals surface area contributed by atoms with Crippen LogP contribution in [0, 0.1) is 5.82 Å². The van der Waals surface area contributed by atoms with E-state index in [1.807, 2.05) is 13.8 Å². The number of methoxy groups -OCH3 is 1. The number of nitrogens with zero attached hydrogens (tertiary/aromatic N) is 3. The van der Waals surface area contributed by atoms with Crippen LogP contribution in [-0.2, 0) is 13.1 Å². The molecule has 0 unspecified atom stereocenters. The van der Waals surface area contributed by atoms with Crippen LogP contribution in [0.5, 0.6) is 11.5 Å². The predicted octanol–water partition coefficient (Wildman–Crippen LogP) is 6.14. The first-order chi connectivity index (χ1) is 21.0. The summed E-state index contributed by atoms with van der Waals surface area (Å²) in [6.45, 7) is 5.89. The Kier molecular flexibility index (Phi) is 9.17. The van der Waals surface area contributed by atoms with E-state index in [2.05, 4.69) is 21.2 Å². The molecule has 0 radical (unpaired) electrons. The maximum Gasteiger partial charge on any atom is 0.333 e. The van der Waals surface area contributed by atoms with Crippen LogP contribution in [0.25, 0.3) is 5.69 Å². The molecule has 0 saturated carbocycles. The van der Waals surface area contributed by atoms with Crippen LogP contribution in [0.15, 0.2) is 69.9 Å². The molecule has 0 saturated heterocycles. The summed E-state index contributed by atoms with van der Waals surface area (Å²) in [5, 5.41) is 3.24. The summed E-state index contributed by atoms with van der Waals surface area (Å²) >= 11 is 9.58. The van der Waals surface area contributed by atoms with Gasteiger partial charge in [0, 0.05) is 34.8 Å². The molecule has 1 aliphatic heterocycles. The zero-order valence-electron chi connectivity index (χ0n) is 24.6. The Hall–Kier alpha value is -4.09. The molecule has 1 N–H and O–H groups in total. The zero-order valence-corrected chi connectivity index (χ0v) is 26.9. The summed E-state index contributed by atoms with van der Waals surface area (Å²) in [6.07, 6.45) is -0.0457. The fraction of sp³-hybridized carbons (Fsp3) is 0.281. The highest BCUT2D eigenvalue weighted by Crippen LogP contribution is 2.27. The van der Waals surface area contributed by atoms with Gasteiger partial charge in [-0.3, -0.25) is 18.7 Å². The summed E-state index contributed by atoms with van der Waals surface area (Å²) in [7, 11) is 1.44. The Morgan fingerprint density at radius 3 is 2.34 bits per heavy atom. The van der Waals surface area contributed by atoms with E-state index in [1.165, 1.54) is 22.3 Å². The van der Waals surface area contributed by atoms with Gasteiger partial charge < -0.3 is 19.7 Å². The molecule has 0 spiro atoms. The average molecular weight is 686 g/mol. The predicted molar refractivity (Wildman–Crippen MR) is 169 cm³/mol. The van der Waals surface area contributed by atoms with Crippen molar-refractivity contribution in [2.75, 3.05) is 13.7 Å². The van der Waals surface area contributed by atoms with Gasteiger partial charge in [0.05, 0.1) is 42.2 Å². The number of benzene rings is 3. The number of ether oxygens (including phenoxy) is 2. The minimum Gasteiger partial charge on any atom is -0.497 e. The van der Waals surface area contributed by atoms with Crippen LogP contribution in [0.3, 0.4) is 0 Å². The van der Waals surface area contributed by atoms with Gasteiger partial charge in [0.15, 0.2) is 0 Å². The molecule has 230 valence electrons. The first-order valence-corrected chi connectivity index (χ1v) is 15.2. The molecule has 0 aliphatic carbocycles. The number of nitrogens with one attached hydrogen (secondary N) is 1. The Bertz CT molecular complexity index is 1790. The average Bonchev–Trinajstić information content (AvgIpc) is 3.29. The topological polar surface area (TPSA) is 94.8 Å². The third-order valence-corrected chi connectivity index (χ3v) is 8.57. The van der Waals surface area contributed by atoms with Crippen molar-refractivity contribution in [1.82, 2.24) is 19.4 Å². The highest BCUT2D eigenvalue weighted by Gasteiger charge is 2.33. The maximum absolute atomic E-state index is 14.9. The van der Waals surface area contributed by atoms with E-state index in [9.17, 15) is 18.8 Å². The summed E-state index contributed by atoms with van der Waals surface area (Å²) in [4.78, 5) is 42.9. The Morgan fingerprint density at radius 1 is 1.00 bits per heavy atom. The van der Waals surface area contributed by atoms with Crippen molar-refractivity contribution in [2.45, 2.75) is 46.0 Å². The van der Waals surface area contributed by atoms with E-state index in [0.29, 0.717) is 37.9 Å². The summed E-state index contributed by atoms with van der Waals surface area (Å²) < 4.78 is 29.2. The van der Waals surface area contributed by atoms with Gasteiger partial charge in [-0.15, -0.1) is 0 Å². The van der Waals surface area contributed by atoms with Crippen molar-refractivity contribution >= 4 is 39.3 Å². The smallest absolute Gasteiger partial charge is 0.333 e. The van der Waals surface area contributed by atoms with E-state index in [1.54, 1.807) is 66.4 Å². The number of carbonyl (C=O) groups excluding carboxylic acids is 2. The maximum atomic E-state index is 14.9. The third kappa shape index (κ3) is 6.25. The lowest BCUT2D eigenvalue weighted by Gasteiger charge is -2.28. The molecule has 1 atom stereocenters. The van der Waals surface area contributed by atoms with Crippen LogP contribution in [0.4, 0.5) is 4.39 Å². The van der Waals surface area contributed by atoms with Gasteiger partial charge in [0.25, 0.3) is 11.8 Å². The molecule has 0 fully saturated rings. The quantitative estimate of drug-likeness (QED) is 0.241. The fourth-order valence-electron chi connectivity index (χ4n) is 5.19. The molecule has 2 amide bonds. The molecule has 12 heteroatoms. The standard InChI is InChI=1S/C32H31BrClFN4O5/c1-18(2)44-22-8-6-21(7-9-22)39-29(30(40)36-19(3)24-11-10-23(43-4)16-27(24)35)28-17-37(13-14-38(28)32(39)42)31(41)20-5-12-25(33)26(34)15-20/h5-12,15-16,18-19H,13-14,17H2,1-4H3,(H,36,40)/t19-/m0/s1. The highest BCUT2D eigenvalue weighted by molar-refractivity contribution is 9.10. The van der Waals surface area contributed by atoms with Crippen LogP contribution in [-0.4, -0.2) is 45.6 Å². The number of carbonyl (C=O) groups is 2. The summed E-state index contributed by atoms with van der Waals surface area (Å²) in [6, 6.07) is 15.4. The van der Waals surface area contributed by atoms with Gasteiger partial charge in [0.2, 0.25) is 0 Å². The first-order valence-electron chi connectivity index (χ1n) is 14.0. The molecule has 9 nitrogen and oxygen atoms in total. The number of amides is 2. The van der Waals surface area contributed by atoms with Crippen LogP contribution in [0.2, 0.25) is 5.02 Å². The monoisotopic (exact) mass is 684 g/mol. The SMILES string of the molecule is COc1ccc([C@H](C)NC(=O)c2c3n(c(=O)n2-c2ccc(OC(C)C)cc2)CCN(C(=O)c2ccc(Br)c(Cl)c2)C3)c(F)c1. The zero-order chi connectivity index (χ0) is 31.7. The molecular formula is C32H31BrClFN4O5. The van der Waals surface area contributed by atoms with Crippen LogP contribution < -0.4 is 20.5 Å². The van der Waals surface area contributed by atoms with Crippen molar-refractivity contribution in [3.05, 3.63) is 109 Å². The molecule has 44 heavy (non-hydrogen) atoms. The van der Waals surface area contributed by atoms with E-state index >= 15 is 0 Å². The normalized spacial score (nSPS) is 13.4. The number of rotatable bonds is 8. The second kappa shape index (κ2) is 12.9. The molecule has 3 aromatic carbocycles. The number of imidazole rings is 1. The van der Waals surface area contributed by atoms with E-state index in [0.717, 1.165) is 0 Å². The first kappa shape index (κ1) is 31.3. The lowest BCUT2D eigenvalue weighted by molar-refractivity contribution is 0.0706. The van der Waals surface area contributed by atoms with Gasteiger partial charge in [-0.05, 0) is 85.2 Å². The minimum absolute atomic E-state index is 0.00265. The van der Waals surface area contributed by atoms with Gasteiger partial charge >= 0.3 is 5.69 Å². The second-order valence-electron chi connectivity index (χ2n) is 10.7. The largest absolute Gasteiger partial charge is 0.497 e. The van der Waals surface area contributed by atoms with Gasteiger partial charge in [0.1, 0.15) is 23.0 Å². The van der Waals surface area contributed by atoms with Crippen molar-refractivity contribution in [3.63, 3.8) is 0 Å². The lowest BCUT2D eigenvalue weighted by atomic mass is 10.1. The highest BCUT2D eigenvalue weighted by atomic mass is 79.9. The van der Waals surface area contributed by atoms with Crippen molar-refractivity contribution in [1.29, 1.82) is 0 Å². The summed E-state index contributed by atoms with van der Waals surface area (Å²) in [5.74, 6) is -0.468. The molecule has 1 aromatic heterocycles. The molecule has 2 heterocycles. The molecule has 1 aliphatic rings. The van der Waals surface area contributed by atoms with Crippen LogP contribution in [0.1, 0.15) is 58.9 Å². The number of hydrogen-bond acceptors (Lipinski definition) is 5. The van der Waals surface area contributed by atoms with Crippen molar-refractivity contribution in [2.24, 2.45) is 0 Å². The number of aromatic nitrogens is 2. The summed E-state index contributed by atoms with van der Waals surface area (Å²) in [5.41, 5.74) is 1.06. The molecular weight excluding hydrogens is 655 g/mol. The number of halogens is 3. The fourth-order valence-corrected chi connectivity index (χ4v) is 5.62. The Balaban J connectivity index is 1.55. The van der Waals surface area contributed by atoms with Crippen molar-refractivity contribution in [3.8, 4) is 17.2 Å². The Morgan fingerprint density at radius 2 is 1.70 bits per heavy atom. The molecule has 0 bridgehead atoms. The Labute approximate surface area is 267 Å². The van der Waals surface area contributed by atoms with E-state index in [4.69, 9.17) is 21.1 Å². The third-order valence-electron chi connectivity index (χ3n) is 7.34. The minimum atomic E-state index is -0.749. The van der Waals surface area contributed by atoms with Gasteiger partial charge in [-0.1, -0.05) is 17.7 Å². The molecule has 5 rings (SSSR count). The number of fused-ring (bicyclic) bond motifs is 1. The second-order valence-corrected chi connectivity index (χ2v) is 11.9. The number of hydrogen-bond donors (Lipinski definition) is 1.